The third-order valence-corrected chi connectivity index (χ3v) is 7.59. The molecule has 9 heteroatoms. The number of hydrogen-bond acceptors (Lipinski definition) is 8. The summed E-state index contributed by atoms with van der Waals surface area (Å²) in [4.78, 5) is 6.73. The van der Waals surface area contributed by atoms with Gasteiger partial charge < -0.3 is 25.6 Å². The van der Waals surface area contributed by atoms with Crippen LogP contribution in [0.1, 0.15) is 58.3 Å². The second kappa shape index (κ2) is 8.22. The number of nitrogen functional groups attached to an aromatic ring is 1. The second-order valence-corrected chi connectivity index (χ2v) is 10.2. The lowest BCUT2D eigenvalue weighted by molar-refractivity contribution is -0.222. The number of aliphatic hydroxyl groups is 1. The Hall–Kier alpha value is -1.78. The Morgan fingerprint density at radius 3 is 2.84 bits per heavy atom. The van der Waals surface area contributed by atoms with Crippen LogP contribution in [0.5, 0.6) is 0 Å². The second-order valence-electron chi connectivity index (χ2n) is 10.2. The van der Waals surface area contributed by atoms with E-state index in [1.54, 1.807) is 13.8 Å². The largest absolute Gasteiger partial charge is 0.382 e. The lowest BCUT2D eigenvalue weighted by Gasteiger charge is -2.43. The maximum atomic E-state index is 10.5. The zero-order chi connectivity index (χ0) is 22.5. The molecule has 32 heavy (non-hydrogen) atoms. The Morgan fingerprint density at radius 2 is 2.09 bits per heavy atom. The van der Waals surface area contributed by atoms with Crippen LogP contribution in [0.15, 0.2) is 18.5 Å². The number of nitrogens with zero attached hydrogens (tertiary/aromatic N) is 4. The van der Waals surface area contributed by atoms with Crippen molar-refractivity contribution in [2.45, 2.75) is 76.1 Å². The van der Waals surface area contributed by atoms with Gasteiger partial charge in [0.2, 0.25) is 0 Å². The van der Waals surface area contributed by atoms with Crippen LogP contribution in [0.25, 0.3) is 5.52 Å². The number of hydrogen-bond donors (Lipinski definition) is 3. The van der Waals surface area contributed by atoms with E-state index in [1.807, 2.05) is 16.6 Å². The monoisotopic (exact) mass is 444 g/mol. The van der Waals surface area contributed by atoms with E-state index >= 15 is 0 Å². The Balaban J connectivity index is 1.43. The zero-order valence-electron chi connectivity index (χ0n) is 19.3. The van der Waals surface area contributed by atoms with Gasteiger partial charge in [-0.3, -0.25) is 4.90 Å². The van der Waals surface area contributed by atoms with Gasteiger partial charge in [0.05, 0.1) is 17.9 Å². The minimum atomic E-state index is -1.24. The maximum absolute atomic E-state index is 10.5. The van der Waals surface area contributed by atoms with E-state index in [4.69, 9.17) is 15.2 Å². The Bertz CT molecular complexity index is 951. The third-order valence-electron chi connectivity index (χ3n) is 7.59. The first-order valence-electron chi connectivity index (χ1n) is 11.9. The van der Waals surface area contributed by atoms with Crippen LogP contribution in [0, 0.1) is 5.92 Å². The molecule has 2 aromatic rings. The number of nitrogens with two attached hydrogens (primary N) is 1. The van der Waals surface area contributed by atoms with Crippen LogP contribution >= 0.6 is 0 Å². The van der Waals surface area contributed by atoms with E-state index in [9.17, 15) is 5.11 Å². The third kappa shape index (κ3) is 3.90. The van der Waals surface area contributed by atoms with Crippen LogP contribution in [0.3, 0.4) is 0 Å². The summed E-state index contributed by atoms with van der Waals surface area (Å²) >= 11 is 0. The first-order valence-corrected chi connectivity index (χ1v) is 11.9. The SMILES string of the molecule is C[C@@H]1[C@H](OC(C)(C)O)[C@@H](CN2CCCC23CCNCC3)O[C@H]1c1ccc2c(N)ncnn12. The van der Waals surface area contributed by atoms with Gasteiger partial charge in [0, 0.05) is 18.0 Å². The van der Waals surface area contributed by atoms with Crippen molar-refractivity contribution in [2.75, 3.05) is 31.9 Å². The van der Waals surface area contributed by atoms with E-state index in [2.05, 4.69) is 27.2 Å². The van der Waals surface area contributed by atoms with Crippen LogP contribution in [-0.4, -0.2) is 74.3 Å². The summed E-state index contributed by atoms with van der Waals surface area (Å²) in [5, 5.41) is 18.4. The number of piperidine rings is 1. The molecule has 0 aromatic carbocycles. The summed E-state index contributed by atoms with van der Waals surface area (Å²) in [6.07, 6.45) is 5.71. The first kappa shape index (κ1) is 22.0. The molecule has 0 amide bonds. The normalized spacial score (nSPS) is 31.1. The van der Waals surface area contributed by atoms with E-state index < -0.39 is 5.79 Å². The van der Waals surface area contributed by atoms with Crippen molar-refractivity contribution < 1.29 is 14.6 Å². The van der Waals surface area contributed by atoms with Crippen molar-refractivity contribution in [2.24, 2.45) is 5.92 Å². The van der Waals surface area contributed by atoms with Crippen molar-refractivity contribution in [1.82, 2.24) is 24.8 Å². The van der Waals surface area contributed by atoms with Crippen molar-refractivity contribution in [3.8, 4) is 0 Å². The van der Waals surface area contributed by atoms with E-state index in [0.29, 0.717) is 5.82 Å². The Kier molecular flexibility index (Phi) is 5.66. The summed E-state index contributed by atoms with van der Waals surface area (Å²) in [7, 11) is 0. The summed E-state index contributed by atoms with van der Waals surface area (Å²) in [5.74, 6) is -0.754. The van der Waals surface area contributed by atoms with Gasteiger partial charge in [-0.15, -0.1) is 0 Å². The van der Waals surface area contributed by atoms with Crippen molar-refractivity contribution in [1.29, 1.82) is 0 Å². The standard InChI is InChI=1S/C23H36N6O3/c1-15-19(16-5-6-17-21(24)26-14-27-29(16)17)31-18(20(15)32-22(2,3)30)13-28-12-4-7-23(28)8-10-25-11-9-23/h5-6,14-15,18-20,25,30H,4,7-13H2,1-3H3,(H2,24,26,27)/t15-,18+,19+,20-/m0/s1. The van der Waals surface area contributed by atoms with Gasteiger partial charge in [-0.25, -0.2) is 9.50 Å². The molecule has 0 bridgehead atoms. The topological polar surface area (TPSA) is 110 Å². The van der Waals surface area contributed by atoms with E-state index in [0.717, 1.165) is 37.4 Å². The van der Waals surface area contributed by atoms with Gasteiger partial charge in [-0.2, -0.15) is 5.10 Å². The predicted molar refractivity (Wildman–Crippen MR) is 121 cm³/mol. The first-order chi connectivity index (χ1) is 15.3. The molecule has 0 saturated carbocycles. The molecule has 176 valence electrons. The number of aromatic nitrogens is 3. The van der Waals surface area contributed by atoms with E-state index in [1.165, 1.54) is 32.0 Å². The highest BCUT2D eigenvalue weighted by Crippen LogP contribution is 2.44. The summed E-state index contributed by atoms with van der Waals surface area (Å²) in [5.41, 5.74) is 8.02. The smallest absolute Gasteiger partial charge is 0.160 e. The summed E-state index contributed by atoms with van der Waals surface area (Å²) in [6, 6.07) is 3.94. The molecule has 5 heterocycles. The van der Waals surface area contributed by atoms with Gasteiger partial charge in [-0.05, 0) is 71.3 Å². The fourth-order valence-electron chi connectivity index (χ4n) is 6.05. The van der Waals surface area contributed by atoms with Gasteiger partial charge >= 0.3 is 0 Å². The van der Waals surface area contributed by atoms with Crippen LogP contribution in [0.4, 0.5) is 5.82 Å². The van der Waals surface area contributed by atoms with Crippen molar-refractivity contribution >= 4 is 11.3 Å². The Morgan fingerprint density at radius 1 is 1.31 bits per heavy atom. The number of anilines is 1. The molecule has 0 aliphatic carbocycles. The van der Waals surface area contributed by atoms with Crippen molar-refractivity contribution in [3.63, 3.8) is 0 Å². The fourth-order valence-corrected chi connectivity index (χ4v) is 6.05. The molecule has 3 aliphatic rings. The van der Waals surface area contributed by atoms with Crippen LogP contribution in [0.2, 0.25) is 0 Å². The number of nitrogens with one attached hydrogen (secondary N) is 1. The van der Waals surface area contributed by atoms with Crippen LogP contribution in [-0.2, 0) is 9.47 Å². The lowest BCUT2D eigenvalue weighted by Crippen LogP contribution is -2.54. The molecule has 9 nitrogen and oxygen atoms in total. The van der Waals surface area contributed by atoms with Gasteiger partial charge in [0.1, 0.15) is 17.9 Å². The molecule has 4 atom stereocenters. The molecular formula is C23H36N6O3. The lowest BCUT2D eigenvalue weighted by atomic mass is 9.85. The molecule has 2 aromatic heterocycles. The average Bonchev–Trinajstić information content (AvgIpc) is 3.41. The molecule has 3 fully saturated rings. The summed E-state index contributed by atoms with van der Waals surface area (Å²) in [6.45, 7) is 9.55. The predicted octanol–water partition coefficient (Wildman–Crippen LogP) is 1.72. The molecule has 3 aliphatic heterocycles. The number of rotatable bonds is 5. The molecule has 0 radical (unpaired) electrons. The minimum Gasteiger partial charge on any atom is -0.382 e. The number of ether oxygens (including phenoxy) is 2. The minimum absolute atomic E-state index is 0.0345. The molecule has 3 saturated heterocycles. The molecule has 0 unspecified atom stereocenters. The van der Waals surface area contributed by atoms with Crippen LogP contribution < -0.4 is 11.1 Å². The summed E-state index contributed by atoms with van der Waals surface area (Å²) < 4.78 is 14.7. The molecular weight excluding hydrogens is 408 g/mol. The highest BCUT2D eigenvalue weighted by atomic mass is 16.6. The molecule has 5 rings (SSSR count). The fraction of sp³-hybridized carbons (Fsp3) is 0.739. The number of likely N-dealkylation sites (tertiary alicyclic amines) is 1. The highest BCUT2D eigenvalue weighted by molar-refractivity contribution is 5.65. The average molecular weight is 445 g/mol. The molecule has 4 N–H and O–H groups in total. The van der Waals surface area contributed by atoms with Crippen molar-refractivity contribution in [3.05, 3.63) is 24.2 Å². The highest BCUT2D eigenvalue weighted by Gasteiger charge is 2.50. The van der Waals surface area contributed by atoms with Gasteiger partial charge in [0.25, 0.3) is 0 Å². The van der Waals surface area contributed by atoms with Gasteiger partial charge in [-0.1, -0.05) is 6.92 Å². The van der Waals surface area contributed by atoms with Gasteiger partial charge in [0.15, 0.2) is 11.6 Å². The quantitative estimate of drug-likeness (QED) is 0.598. The maximum Gasteiger partial charge on any atom is 0.160 e. The molecule has 1 spiro atoms. The Labute approximate surface area is 189 Å². The zero-order valence-corrected chi connectivity index (χ0v) is 19.3. The van der Waals surface area contributed by atoms with E-state index in [-0.39, 0.29) is 29.8 Å². The number of fused-ring (bicyclic) bond motifs is 1.